The number of sulfonamides is 1. The van der Waals surface area contributed by atoms with Gasteiger partial charge in [0.25, 0.3) is 10.0 Å². The van der Waals surface area contributed by atoms with Crippen LogP contribution in [0.5, 0.6) is 0 Å². The van der Waals surface area contributed by atoms with Crippen molar-refractivity contribution < 1.29 is 12.8 Å². The topological polar surface area (TPSA) is 111 Å². The molecule has 2 aromatic rings. The lowest BCUT2D eigenvalue weighted by Gasteiger charge is -2.00. The van der Waals surface area contributed by atoms with Crippen LogP contribution in [0.1, 0.15) is 17.7 Å². The number of hydrogen-bond donors (Lipinski definition) is 2. The minimum Gasteiger partial charge on any atom is -0.446 e. The van der Waals surface area contributed by atoms with Crippen molar-refractivity contribution in [2.75, 3.05) is 4.72 Å². The number of anilines is 1. The van der Waals surface area contributed by atoms with Crippen LogP contribution >= 0.6 is 11.3 Å². The summed E-state index contributed by atoms with van der Waals surface area (Å²) in [5.41, 5.74) is 5.35. The van der Waals surface area contributed by atoms with E-state index in [2.05, 4.69) is 14.9 Å². The molecular weight excluding hydrogens is 276 g/mol. The lowest BCUT2D eigenvalue weighted by Crippen LogP contribution is -2.12. The fourth-order valence-corrected chi connectivity index (χ4v) is 3.08. The second-order valence-electron chi connectivity index (χ2n) is 3.38. The summed E-state index contributed by atoms with van der Waals surface area (Å²) in [7, 11) is -3.76. The van der Waals surface area contributed by atoms with Gasteiger partial charge >= 0.3 is 0 Å². The summed E-state index contributed by atoms with van der Waals surface area (Å²) < 4.78 is 31.2. The van der Waals surface area contributed by atoms with Gasteiger partial charge in [0.1, 0.15) is 10.8 Å². The standard InChI is InChI=1S/C9H12N4O3S2/c1-2-7-11-12-9(17-7)13-18(14,15)8-4-3-6(5-10)16-8/h3-4H,2,5,10H2,1H3,(H,12,13). The smallest absolute Gasteiger partial charge is 0.297 e. The van der Waals surface area contributed by atoms with Crippen LogP contribution in [0.15, 0.2) is 21.6 Å². The van der Waals surface area contributed by atoms with Gasteiger partial charge in [-0.25, -0.2) is 0 Å². The molecule has 0 saturated carbocycles. The van der Waals surface area contributed by atoms with Crippen molar-refractivity contribution in [3.05, 3.63) is 22.9 Å². The highest BCUT2D eigenvalue weighted by atomic mass is 32.2. The van der Waals surface area contributed by atoms with E-state index in [4.69, 9.17) is 10.2 Å². The Labute approximate surface area is 108 Å². The van der Waals surface area contributed by atoms with E-state index in [0.29, 0.717) is 12.2 Å². The first-order valence-corrected chi connectivity index (χ1v) is 7.49. The quantitative estimate of drug-likeness (QED) is 0.847. The lowest BCUT2D eigenvalue weighted by molar-refractivity contribution is 0.417. The second-order valence-corrected chi connectivity index (χ2v) is 6.06. The molecule has 0 aromatic carbocycles. The highest BCUT2D eigenvalue weighted by molar-refractivity contribution is 7.92. The number of hydrogen-bond acceptors (Lipinski definition) is 7. The van der Waals surface area contributed by atoms with Crippen molar-refractivity contribution in [2.24, 2.45) is 5.73 Å². The molecule has 9 heteroatoms. The Hall–Kier alpha value is -1.45. The second kappa shape index (κ2) is 5.04. The molecule has 0 amide bonds. The fourth-order valence-electron chi connectivity index (χ4n) is 1.22. The Morgan fingerprint density at radius 2 is 2.22 bits per heavy atom. The predicted octanol–water partition coefficient (Wildman–Crippen LogP) is 0.953. The summed E-state index contributed by atoms with van der Waals surface area (Å²) in [6, 6.07) is 2.87. The summed E-state index contributed by atoms with van der Waals surface area (Å²) >= 11 is 1.19. The summed E-state index contributed by atoms with van der Waals surface area (Å²) in [5.74, 6) is 0.405. The van der Waals surface area contributed by atoms with Crippen molar-refractivity contribution in [3.63, 3.8) is 0 Å². The molecule has 2 rings (SSSR count). The maximum absolute atomic E-state index is 11.9. The van der Waals surface area contributed by atoms with E-state index in [9.17, 15) is 8.42 Å². The van der Waals surface area contributed by atoms with Gasteiger partial charge in [0.05, 0.1) is 6.54 Å². The SMILES string of the molecule is CCc1nnc(NS(=O)(=O)c2ccc(CN)o2)s1. The molecule has 3 N–H and O–H groups in total. The van der Waals surface area contributed by atoms with Gasteiger partial charge in [0.15, 0.2) is 0 Å². The molecule has 0 saturated heterocycles. The number of nitrogens with two attached hydrogens (primary N) is 1. The van der Waals surface area contributed by atoms with Crippen LogP contribution in [0.4, 0.5) is 5.13 Å². The zero-order chi connectivity index (χ0) is 13.2. The van der Waals surface area contributed by atoms with Gasteiger partial charge < -0.3 is 10.2 Å². The molecule has 0 atom stereocenters. The number of aryl methyl sites for hydroxylation is 1. The Morgan fingerprint density at radius 1 is 1.44 bits per heavy atom. The van der Waals surface area contributed by atoms with E-state index in [1.165, 1.54) is 23.5 Å². The van der Waals surface area contributed by atoms with Crippen molar-refractivity contribution in [3.8, 4) is 0 Å². The Morgan fingerprint density at radius 3 is 2.78 bits per heavy atom. The van der Waals surface area contributed by atoms with E-state index >= 15 is 0 Å². The average molecular weight is 288 g/mol. The molecule has 2 heterocycles. The van der Waals surface area contributed by atoms with Gasteiger partial charge in [-0.05, 0) is 18.6 Å². The van der Waals surface area contributed by atoms with Gasteiger partial charge in [-0.2, -0.15) is 8.42 Å². The van der Waals surface area contributed by atoms with Crippen molar-refractivity contribution in [1.82, 2.24) is 10.2 Å². The van der Waals surface area contributed by atoms with Gasteiger partial charge in [0.2, 0.25) is 10.2 Å². The third kappa shape index (κ3) is 2.68. The van der Waals surface area contributed by atoms with Crippen LogP contribution in [0.3, 0.4) is 0 Å². The predicted molar refractivity (Wildman–Crippen MR) is 66.7 cm³/mol. The molecule has 0 aliphatic heterocycles. The van der Waals surface area contributed by atoms with Crippen LogP contribution in [0, 0.1) is 0 Å². The molecule has 0 aliphatic carbocycles. The summed E-state index contributed by atoms with van der Waals surface area (Å²) in [5, 5.41) is 8.36. The maximum Gasteiger partial charge on any atom is 0.297 e. The Bertz CT molecular complexity index is 632. The van der Waals surface area contributed by atoms with Crippen LogP contribution < -0.4 is 10.5 Å². The largest absolute Gasteiger partial charge is 0.446 e. The fraction of sp³-hybridized carbons (Fsp3) is 0.333. The molecular formula is C9H12N4O3S2. The van der Waals surface area contributed by atoms with E-state index in [0.717, 1.165) is 5.01 Å². The minimum atomic E-state index is -3.76. The van der Waals surface area contributed by atoms with E-state index < -0.39 is 10.0 Å². The van der Waals surface area contributed by atoms with E-state index in [-0.39, 0.29) is 16.8 Å². The highest BCUT2D eigenvalue weighted by Gasteiger charge is 2.20. The molecule has 2 aromatic heterocycles. The van der Waals surface area contributed by atoms with Crippen LogP contribution in [-0.4, -0.2) is 18.6 Å². The van der Waals surface area contributed by atoms with Gasteiger partial charge in [0, 0.05) is 0 Å². The molecule has 98 valence electrons. The molecule has 0 bridgehead atoms. The lowest BCUT2D eigenvalue weighted by atomic mass is 10.5. The summed E-state index contributed by atoms with van der Waals surface area (Å²) in [4.78, 5) is 0. The first kappa shape index (κ1) is 13.0. The first-order valence-electron chi connectivity index (χ1n) is 5.19. The molecule has 0 spiro atoms. The van der Waals surface area contributed by atoms with Gasteiger partial charge in [-0.1, -0.05) is 18.3 Å². The minimum absolute atomic E-state index is 0.147. The molecule has 0 radical (unpaired) electrons. The third-order valence-corrected chi connectivity index (χ3v) is 4.42. The maximum atomic E-state index is 11.9. The number of rotatable bonds is 5. The number of aromatic nitrogens is 2. The van der Waals surface area contributed by atoms with Crippen molar-refractivity contribution in [2.45, 2.75) is 25.0 Å². The van der Waals surface area contributed by atoms with Crippen LogP contribution in [0.2, 0.25) is 0 Å². The van der Waals surface area contributed by atoms with Crippen LogP contribution in [-0.2, 0) is 23.0 Å². The van der Waals surface area contributed by atoms with E-state index in [1.807, 2.05) is 6.92 Å². The zero-order valence-corrected chi connectivity index (χ0v) is 11.2. The monoisotopic (exact) mass is 288 g/mol. The molecule has 18 heavy (non-hydrogen) atoms. The van der Waals surface area contributed by atoms with Crippen molar-refractivity contribution >= 4 is 26.5 Å². The van der Waals surface area contributed by atoms with Gasteiger partial charge in [-0.15, -0.1) is 10.2 Å². The average Bonchev–Trinajstić information content (AvgIpc) is 2.96. The molecule has 0 aliphatic rings. The summed E-state index contributed by atoms with van der Waals surface area (Å²) in [6.45, 7) is 2.06. The molecule has 0 fully saturated rings. The van der Waals surface area contributed by atoms with Gasteiger partial charge in [-0.3, -0.25) is 4.72 Å². The summed E-state index contributed by atoms with van der Waals surface area (Å²) in [6.07, 6.45) is 0.706. The third-order valence-electron chi connectivity index (χ3n) is 2.09. The zero-order valence-electron chi connectivity index (χ0n) is 9.58. The molecule has 7 nitrogen and oxygen atoms in total. The normalized spacial score (nSPS) is 11.7. The number of furan rings is 1. The van der Waals surface area contributed by atoms with Crippen molar-refractivity contribution in [1.29, 1.82) is 0 Å². The van der Waals surface area contributed by atoms with Crippen LogP contribution in [0.25, 0.3) is 0 Å². The number of nitrogens with zero attached hydrogens (tertiary/aromatic N) is 2. The molecule has 0 unspecified atom stereocenters. The highest BCUT2D eigenvalue weighted by Crippen LogP contribution is 2.21. The number of nitrogens with one attached hydrogen (secondary N) is 1. The van der Waals surface area contributed by atoms with E-state index in [1.54, 1.807) is 0 Å². The first-order chi connectivity index (χ1) is 8.55. The Balaban J connectivity index is 2.21. The Kier molecular flexibility index (Phi) is 3.64.